The van der Waals surface area contributed by atoms with Crippen LogP contribution in [0.25, 0.3) is 11.3 Å². The van der Waals surface area contributed by atoms with Crippen molar-refractivity contribution in [1.29, 1.82) is 0 Å². The molecule has 138 valence electrons. The van der Waals surface area contributed by atoms with Crippen LogP contribution in [0.1, 0.15) is 41.5 Å². The number of aromatic hydroxyl groups is 1. The van der Waals surface area contributed by atoms with Crippen LogP contribution in [0.2, 0.25) is 0 Å². The van der Waals surface area contributed by atoms with E-state index in [4.69, 9.17) is 0 Å². The molecule has 1 aliphatic carbocycles. The molecule has 5 nitrogen and oxygen atoms in total. The summed E-state index contributed by atoms with van der Waals surface area (Å²) in [5.74, 6) is 1.26. The summed E-state index contributed by atoms with van der Waals surface area (Å²) in [6.45, 7) is 6.26. The maximum atomic E-state index is 10.5. The van der Waals surface area contributed by atoms with E-state index in [2.05, 4.69) is 33.5 Å². The van der Waals surface area contributed by atoms with Gasteiger partial charge in [-0.3, -0.25) is 0 Å². The first kappa shape index (κ1) is 17.3. The number of likely N-dealkylation sites (tertiary alicyclic amines) is 1. The molecule has 2 aliphatic rings. The summed E-state index contributed by atoms with van der Waals surface area (Å²) in [5.41, 5.74) is 6.37. The molecule has 26 heavy (non-hydrogen) atoms. The van der Waals surface area contributed by atoms with E-state index in [1.165, 1.54) is 30.5 Å². The molecule has 4 rings (SSSR count). The summed E-state index contributed by atoms with van der Waals surface area (Å²) in [6, 6.07) is 4.35. The Morgan fingerprint density at radius 2 is 1.92 bits per heavy atom. The standard InChI is InChI=1S/C21H28N4O/c1-13-10-14(2)19(18(26)11-13)20-16-7-4-8-17(16)21(24-23-20)22-15-6-5-9-25(3)12-15/h10-11,15,26H,4-9,12H2,1-3H3,(H,22,24)/t15-/m1/s1. The van der Waals surface area contributed by atoms with Crippen molar-refractivity contribution in [2.24, 2.45) is 0 Å². The number of hydrogen-bond donors (Lipinski definition) is 2. The Morgan fingerprint density at radius 3 is 2.69 bits per heavy atom. The fraction of sp³-hybridized carbons (Fsp3) is 0.524. The number of phenolic OH excluding ortho intramolecular Hbond substituents is 1. The Morgan fingerprint density at radius 1 is 1.12 bits per heavy atom. The number of anilines is 1. The molecule has 1 atom stereocenters. The minimum atomic E-state index is 0.306. The zero-order valence-corrected chi connectivity index (χ0v) is 16.0. The monoisotopic (exact) mass is 352 g/mol. The highest BCUT2D eigenvalue weighted by Crippen LogP contribution is 2.39. The number of nitrogens with one attached hydrogen (secondary N) is 1. The van der Waals surface area contributed by atoms with Gasteiger partial charge < -0.3 is 15.3 Å². The van der Waals surface area contributed by atoms with Gasteiger partial charge in [-0.05, 0) is 82.3 Å². The molecular weight excluding hydrogens is 324 g/mol. The second-order valence-corrected chi connectivity index (χ2v) is 7.93. The van der Waals surface area contributed by atoms with Crippen molar-refractivity contribution in [3.05, 3.63) is 34.4 Å². The van der Waals surface area contributed by atoms with Gasteiger partial charge in [0.05, 0.1) is 0 Å². The van der Waals surface area contributed by atoms with Crippen LogP contribution in [0.4, 0.5) is 5.82 Å². The predicted octanol–water partition coefficient (Wildman–Crippen LogP) is 3.46. The Kier molecular flexibility index (Phi) is 4.57. The highest BCUT2D eigenvalue weighted by atomic mass is 16.3. The first-order chi connectivity index (χ1) is 12.5. The SMILES string of the molecule is Cc1cc(C)c(-c2nnc(N[C@@H]3CCCN(C)C3)c3c2CCC3)c(O)c1. The van der Waals surface area contributed by atoms with Crippen molar-refractivity contribution in [3.63, 3.8) is 0 Å². The smallest absolute Gasteiger partial charge is 0.152 e. The van der Waals surface area contributed by atoms with E-state index >= 15 is 0 Å². The summed E-state index contributed by atoms with van der Waals surface area (Å²) in [5, 5.41) is 23.3. The van der Waals surface area contributed by atoms with Gasteiger partial charge in [0.25, 0.3) is 0 Å². The quantitative estimate of drug-likeness (QED) is 0.886. The van der Waals surface area contributed by atoms with Crippen LogP contribution < -0.4 is 5.32 Å². The zero-order chi connectivity index (χ0) is 18.3. The molecule has 1 saturated heterocycles. The van der Waals surface area contributed by atoms with E-state index in [-0.39, 0.29) is 0 Å². The minimum Gasteiger partial charge on any atom is -0.507 e. The number of nitrogens with zero attached hydrogens (tertiary/aromatic N) is 3. The molecule has 0 spiro atoms. The minimum absolute atomic E-state index is 0.306. The molecule has 2 N–H and O–H groups in total. The molecule has 0 amide bonds. The number of hydrogen-bond acceptors (Lipinski definition) is 5. The van der Waals surface area contributed by atoms with E-state index in [0.717, 1.165) is 54.0 Å². The molecule has 1 aromatic heterocycles. The van der Waals surface area contributed by atoms with E-state index < -0.39 is 0 Å². The number of piperidine rings is 1. The lowest BCUT2D eigenvalue weighted by Gasteiger charge is -2.31. The molecule has 1 aromatic carbocycles. The highest BCUT2D eigenvalue weighted by Gasteiger charge is 2.26. The van der Waals surface area contributed by atoms with Crippen LogP contribution in [-0.2, 0) is 12.8 Å². The van der Waals surface area contributed by atoms with Gasteiger partial charge in [0.1, 0.15) is 11.4 Å². The topological polar surface area (TPSA) is 61.3 Å². The molecule has 0 radical (unpaired) electrons. The lowest BCUT2D eigenvalue weighted by Crippen LogP contribution is -2.40. The molecule has 1 fully saturated rings. The predicted molar refractivity (Wildman–Crippen MR) is 105 cm³/mol. The van der Waals surface area contributed by atoms with Gasteiger partial charge >= 0.3 is 0 Å². The number of benzene rings is 1. The second kappa shape index (κ2) is 6.88. The van der Waals surface area contributed by atoms with Gasteiger partial charge in [-0.2, -0.15) is 0 Å². The second-order valence-electron chi connectivity index (χ2n) is 7.93. The van der Waals surface area contributed by atoms with E-state index in [1.807, 2.05) is 19.9 Å². The van der Waals surface area contributed by atoms with Gasteiger partial charge in [-0.25, -0.2) is 0 Å². The average molecular weight is 352 g/mol. The molecule has 5 heteroatoms. The maximum Gasteiger partial charge on any atom is 0.152 e. The van der Waals surface area contributed by atoms with Gasteiger partial charge in [-0.15, -0.1) is 10.2 Å². The molecule has 2 aromatic rings. The number of fused-ring (bicyclic) bond motifs is 1. The van der Waals surface area contributed by atoms with Crippen molar-refractivity contribution in [3.8, 4) is 17.0 Å². The van der Waals surface area contributed by atoms with Crippen LogP contribution in [0.15, 0.2) is 12.1 Å². The average Bonchev–Trinajstić information content (AvgIpc) is 3.06. The first-order valence-corrected chi connectivity index (χ1v) is 9.67. The molecule has 2 heterocycles. The first-order valence-electron chi connectivity index (χ1n) is 9.67. The molecule has 0 unspecified atom stereocenters. The molecule has 1 aliphatic heterocycles. The molecule has 0 bridgehead atoms. The third-order valence-corrected chi connectivity index (χ3v) is 5.70. The Labute approximate surface area is 155 Å². The number of aromatic nitrogens is 2. The molecule has 0 saturated carbocycles. The van der Waals surface area contributed by atoms with Crippen LogP contribution in [0.5, 0.6) is 5.75 Å². The summed E-state index contributed by atoms with van der Waals surface area (Å²) in [7, 11) is 2.18. The van der Waals surface area contributed by atoms with Crippen LogP contribution in [0, 0.1) is 13.8 Å². The highest BCUT2D eigenvalue weighted by molar-refractivity contribution is 5.76. The van der Waals surface area contributed by atoms with Crippen molar-refractivity contribution in [2.75, 3.05) is 25.5 Å². The fourth-order valence-corrected chi connectivity index (χ4v) is 4.53. The number of phenols is 1. The van der Waals surface area contributed by atoms with Gasteiger partial charge in [-0.1, -0.05) is 6.07 Å². The largest absolute Gasteiger partial charge is 0.507 e. The fourth-order valence-electron chi connectivity index (χ4n) is 4.53. The van der Waals surface area contributed by atoms with Crippen molar-refractivity contribution >= 4 is 5.82 Å². The van der Waals surface area contributed by atoms with Gasteiger partial charge in [0.15, 0.2) is 5.82 Å². The lowest BCUT2D eigenvalue weighted by molar-refractivity contribution is 0.260. The number of rotatable bonds is 3. The third-order valence-electron chi connectivity index (χ3n) is 5.70. The maximum absolute atomic E-state index is 10.5. The van der Waals surface area contributed by atoms with Crippen LogP contribution in [0.3, 0.4) is 0 Å². The Bertz CT molecular complexity index is 810. The van der Waals surface area contributed by atoms with Gasteiger partial charge in [0, 0.05) is 23.7 Å². The van der Waals surface area contributed by atoms with Crippen LogP contribution in [-0.4, -0.2) is 46.4 Å². The van der Waals surface area contributed by atoms with Crippen molar-refractivity contribution in [1.82, 2.24) is 15.1 Å². The summed E-state index contributed by atoms with van der Waals surface area (Å²) in [6.07, 6.45) is 5.57. The Hall–Kier alpha value is -2.14. The number of likely N-dealkylation sites (N-methyl/N-ethyl adjacent to an activating group) is 1. The van der Waals surface area contributed by atoms with Gasteiger partial charge in [0.2, 0.25) is 0 Å². The van der Waals surface area contributed by atoms with E-state index in [9.17, 15) is 5.11 Å². The summed E-state index contributed by atoms with van der Waals surface area (Å²) >= 11 is 0. The van der Waals surface area contributed by atoms with Crippen molar-refractivity contribution < 1.29 is 5.11 Å². The van der Waals surface area contributed by atoms with Crippen LogP contribution >= 0.6 is 0 Å². The Balaban J connectivity index is 1.71. The van der Waals surface area contributed by atoms with E-state index in [1.54, 1.807) is 0 Å². The summed E-state index contributed by atoms with van der Waals surface area (Å²) in [4.78, 5) is 2.37. The number of aryl methyl sites for hydroxylation is 2. The normalized spacial score (nSPS) is 20.2. The molecular formula is C21H28N4O. The summed E-state index contributed by atoms with van der Waals surface area (Å²) < 4.78 is 0. The van der Waals surface area contributed by atoms with E-state index in [0.29, 0.717) is 11.8 Å². The zero-order valence-electron chi connectivity index (χ0n) is 16.0. The van der Waals surface area contributed by atoms with Crippen molar-refractivity contribution in [2.45, 2.75) is 52.0 Å². The third kappa shape index (κ3) is 3.16. The lowest BCUT2D eigenvalue weighted by atomic mass is 9.97.